The number of nitrogens with zero attached hydrogens (tertiary/aromatic N) is 1. The van der Waals surface area contributed by atoms with Gasteiger partial charge in [0.2, 0.25) is 5.88 Å². The maximum atomic E-state index is 12.7. The highest BCUT2D eigenvalue weighted by molar-refractivity contribution is 5.97. The molecule has 1 atom stereocenters. The van der Waals surface area contributed by atoms with Gasteiger partial charge in [-0.15, -0.1) is 0 Å². The molecule has 0 spiro atoms. The van der Waals surface area contributed by atoms with Crippen molar-refractivity contribution in [1.82, 2.24) is 4.98 Å². The number of amides is 1. The summed E-state index contributed by atoms with van der Waals surface area (Å²) in [5.41, 5.74) is 0.730. The molecule has 0 fully saturated rings. The number of carbonyl (C=O) groups excluding carboxylic acids is 1. The van der Waals surface area contributed by atoms with E-state index >= 15 is 0 Å². The number of unbranched alkanes of at least 4 members (excludes halogenated alkanes) is 1. The molecule has 0 aromatic carbocycles. The lowest BCUT2D eigenvalue weighted by atomic mass is 9.93. The predicted octanol–water partition coefficient (Wildman–Crippen LogP) is 4.35. The maximum absolute atomic E-state index is 12.7. The van der Waals surface area contributed by atoms with E-state index in [1.54, 1.807) is 6.20 Å². The minimum Gasteiger partial charge on any atom is -0.477 e. The van der Waals surface area contributed by atoms with Crippen LogP contribution in [0.3, 0.4) is 0 Å². The van der Waals surface area contributed by atoms with E-state index < -0.39 is 5.60 Å². The van der Waals surface area contributed by atoms with E-state index in [1.165, 1.54) is 0 Å². The monoisotopic (exact) mass is 336 g/mol. The van der Waals surface area contributed by atoms with Crippen LogP contribution in [-0.2, 0) is 9.53 Å². The largest absolute Gasteiger partial charge is 0.477 e. The highest BCUT2D eigenvalue weighted by Gasteiger charge is 2.34. The summed E-state index contributed by atoms with van der Waals surface area (Å²) in [4.78, 5) is 17.0. The van der Waals surface area contributed by atoms with Gasteiger partial charge in [0.15, 0.2) is 0 Å². The minimum absolute atomic E-state index is 0.140. The van der Waals surface area contributed by atoms with Gasteiger partial charge in [-0.2, -0.15) is 0 Å². The molecule has 0 saturated heterocycles. The maximum Gasteiger partial charge on any atom is 0.256 e. The van der Waals surface area contributed by atoms with Crippen molar-refractivity contribution in [2.45, 2.75) is 66.4 Å². The number of hydrogen-bond acceptors (Lipinski definition) is 4. The first-order chi connectivity index (χ1) is 11.3. The highest BCUT2D eigenvalue weighted by atomic mass is 16.5. The Morgan fingerprint density at radius 3 is 2.62 bits per heavy atom. The lowest BCUT2D eigenvalue weighted by molar-refractivity contribution is -0.140. The lowest BCUT2D eigenvalue weighted by Crippen LogP contribution is -2.44. The summed E-state index contributed by atoms with van der Waals surface area (Å²) < 4.78 is 11.4. The van der Waals surface area contributed by atoms with Gasteiger partial charge in [0.1, 0.15) is 5.60 Å². The second-order valence-corrected chi connectivity index (χ2v) is 6.76. The van der Waals surface area contributed by atoms with Crippen LogP contribution < -0.4 is 10.1 Å². The molecule has 0 bridgehead atoms. The van der Waals surface area contributed by atoms with Crippen LogP contribution in [0.5, 0.6) is 5.88 Å². The Balaban J connectivity index is 2.79. The van der Waals surface area contributed by atoms with Crippen molar-refractivity contribution in [2.75, 3.05) is 18.5 Å². The Hall–Kier alpha value is -1.62. The van der Waals surface area contributed by atoms with Gasteiger partial charge < -0.3 is 14.8 Å². The first kappa shape index (κ1) is 20.4. The molecule has 1 amide bonds. The number of carbonyl (C=O) groups is 1. The Morgan fingerprint density at radius 2 is 2.08 bits per heavy atom. The molecule has 5 heteroatoms. The number of hydrogen-bond donors (Lipinski definition) is 1. The zero-order valence-electron chi connectivity index (χ0n) is 15.9. The van der Waals surface area contributed by atoms with Crippen molar-refractivity contribution >= 4 is 11.6 Å². The molecule has 1 aromatic heterocycles. The van der Waals surface area contributed by atoms with E-state index in [1.807, 2.05) is 26.8 Å². The average molecular weight is 336 g/mol. The quantitative estimate of drug-likeness (QED) is 0.645. The van der Waals surface area contributed by atoms with Crippen LogP contribution in [-0.4, -0.2) is 29.7 Å². The van der Waals surface area contributed by atoms with Crippen molar-refractivity contribution in [1.29, 1.82) is 0 Å². The third-order valence-corrected chi connectivity index (χ3v) is 3.77. The molecule has 1 rings (SSSR count). The number of anilines is 1. The number of ether oxygens (including phenoxy) is 2. The number of aromatic nitrogens is 1. The summed E-state index contributed by atoms with van der Waals surface area (Å²) >= 11 is 0. The zero-order chi connectivity index (χ0) is 18.2. The van der Waals surface area contributed by atoms with E-state index in [0.717, 1.165) is 18.4 Å². The predicted molar refractivity (Wildman–Crippen MR) is 97.5 cm³/mol. The number of pyridine rings is 1. The summed E-state index contributed by atoms with van der Waals surface area (Å²) in [5, 5.41) is 2.93. The second kappa shape index (κ2) is 9.62. The number of aryl methyl sites for hydroxylation is 1. The van der Waals surface area contributed by atoms with Crippen LogP contribution in [0.25, 0.3) is 0 Å². The van der Waals surface area contributed by atoms with E-state index in [9.17, 15) is 4.79 Å². The molecule has 0 saturated carbocycles. The third-order valence-electron chi connectivity index (χ3n) is 3.77. The second-order valence-electron chi connectivity index (χ2n) is 6.76. The van der Waals surface area contributed by atoms with Gasteiger partial charge >= 0.3 is 0 Å². The van der Waals surface area contributed by atoms with E-state index in [0.29, 0.717) is 37.1 Å². The van der Waals surface area contributed by atoms with Crippen molar-refractivity contribution in [3.8, 4) is 5.88 Å². The molecule has 0 aliphatic rings. The van der Waals surface area contributed by atoms with E-state index in [2.05, 4.69) is 31.1 Å². The fourth-order valence-electron chi connectivity index (χ4n) is 2.67. The van der Waals surface area contributed by atoms with Crippen molar-refractivity contribution in [3.05, 3.63) is 17.8 Å². The molecular formula is C19H32N2O3. The number of nitrogens with one attached hydrogen (secondary N) is 1. The van der Waals surface area contributed by atoms with Gasteiger partial charge in [-0.25, -0.2) is 4.98 Å². The Labute approximate surface area is 146 Å². The summed E-state index contributed by atoms with van der Waals surface area (Å²) in [5.74, 6) is 0.844. The van der Waals surface area contributed by atoms with E-state index in [4.69, 9.17) is 9.47 Å². The van der Waals surface area contributed by atoms with Crippen LogP contribution in [0.2, 0.25) is 0 Å². The molecule has 1 aromatic rings. The fourth-order valence-corrected chi connectivity index (χ4v) is 2.67. The van der Waals surface area contributed by atoms with Gasteiger partial charge in [-0.1, -0.05) is 27.2 Å². The third kappa shape index (κ3) is 6.11. The van der Waals surface area contributed by atoms with Gasteiger partial charge in [-0.3, -0.25) is 4.79 Å². The summed E-state index contributed by atoms with van der Waals surface area (Å²) in [6, 6.07) is 1.88. The van der Waals surface area contributed by atoms with Crippen LogP contribution in [0, 0.1) is 12.8 Å². The van der Waals surface area contributed by atoms with Crippen LogP contribution in [0.15, 0.2) is 12.3 Å². The SMILES string of the molecule is CCCCOc1ncc(NC(=O)[C@@](C)(CC(C)C)OCC)cc1C. The summed E-state index contributed by atoms with van der Waals surface area (Å²) in [6.45, 7) is 13.1. The zero-order valence-corrected chi connectivity index (χ0v) is 15.9. The molecule has 136 valence electrons. The van der Waals surface area contributed by atoms with Gasteiger partial charge in [0.05, 0.1) is 18.5 Å². The molecule has 1 N–H and O–H groups in total. The summed E-state index contributed by atoms with van der Waals surface area (Å²) in [7, 11) is 0. The smallest absolute Gasteiger partial charge is 0.256 e. The lowest BCUT2D eigenvalue weighted by Gasteiger charge is -2.29. The highest BCUT2D eigenvalue weighted by Crippen LogP contribution is 2.25. The fraction of sp³-hybridized carbons (Fsp3) is 0.684. The molecule has 0 aliphatic carbocycles. The van der Waals surface area contributed by atoms with E-state index in [-0.39, 0.29) is 5.91 Å². The Bertz CT molecular complexity index is 531. The average Bonchev–Trinajstić information content (AvgIpc) is 2.49. The minimum atomic E-state index is -0.840. The molecule has 0 aliphatic heterocycles. The summed E-state index contributed by atoms with van der Waals surface area (Å²) in [6.07, 6.45) is 4.38. The standard InChI is InChI=1S/C19H32N2O3/c1-7-9-10-23-17-15(5)11-16(13-20-17)21-18(22)19(6,24-8-2)12-14(3)4/h11,13-14H,7-10,12H2,1-6H3,(H,21,22)/t19-/m1/s1. The van der Waals surface area contributed by atoms with Crippen LogP contribution >= 0.6 is 0 Å². The Kier molecular flexibility index (Phi) is 8.19. The molecule has 0 radical (unpaired) electrons. The normalized spacial score (nSPS) is 13.6. The molecular weight excluding hydrogens is 304 g/mol. The first-order valence-electron chi connectivity index (χ1n) is 8.87. The van der Waals surface area contributed by atoms with Crippen molar-refractivity contribution in [2.24, 2.45) is 5.92 Å². The molecule has 5 nitrogen and oxygen atoms in total. The molecule has 1 heterocycles. The van der Waals surface area contributed by atoms with Gasteiger partial charge in [0.25, 0.3) is 5.91 Å². The molecule has 0 unspecified atom stereocenters. The van der Waals surface area contributed by atoms with Crippen molar-refractivity contribution < 1.29 is 14.3 Å². The first-order valence-corrected chi connectivity index (χ1v) is 8.87. The van der Waals surface area contributed by atoms with Crippen LogP contribution in [0.4, 0.5) is 5.69 Å². The molecule has 24 heavy (non-hydrogen) atoms. The van der Waals surface area contributed by atoms with Crippen LogP contribution in [0.1, 0.15) is 59.4 Å². The number of rotatable bonds is 10. The van der Waals surface area contributed by atoms with Crippen molar-refractivity contribution in [3.63, 3.8) is 0 Å². The van der Waals surface area contributed by atoms with Gasteiger partial charge in [-0.05, 0) is 45.6 Å². The van der Waals surface area contributed by atoms with Gasteiger partial charge in [0, 0.05) is 12.2 Å². The Morgan fingerprint density at radius 1 is 1.38 bits per heavy atom. The topological polar surface area (TPSA) is 60.5 Å².